The molecular weight excluding hydrogens is 326 g/mol. The Bertz CT molecular complexity index is 756. The summed E-state index contributed by atoms with van der Waals surface area (Å²) in [6.07, 6.45) is 1.66. The number of thiophene rings is 1. The van der Waals surface area contributed by atoms with Gasteiger partial charge in [0.05, 0.1) is 6.10 Å². The fraction of sp³-hybridized carbons (Fsp3) is 0.588. The van der Waals surface area contributed by atoms with Crippen LogP contribution in [0.1, 0.15) is 46.3 Å². The van der Waals surface area contributed by atoms with Gasteiger partial charge in [0, 0.05) is 41.7 Å². The van der Waals surface area contributed by atoms with Crippen molar-refractivity contribution in [2.75, 3.05) is 13.7 Å². The van der Waals surface area contributed by atoms with Crippen LogP contribution in [0.2, 0.25) is 0 Å². The third-order valence-corrected chi connectivity index (χ3v) is 6.07. The fourth-order valence-electron chi connectivity index (χ4n) is 3.54. The highest BCUT2D eigenvalue weighted by atomic mass is 32.1. The van der Waals surface area contributed by atoms with E-state index in [9.17, 15) is 4.79 Å². The first kappa shape index (κ1) is 15.8. The van der Waals surface area contributed by atoms with Crippen LogP contribution in [0.5, 0.6) is 0 Å². The maximum Gasteiger partial charge on any atom is 0.249 e. The van der Waals surface area contributed by atoms with Crippen LogP contribution in [0, 0.1) is 19.8 Å². The Balaban J connectivity index is 1.52. The second kappa shape index (κ2) is 5.97. The number of likely N-dealkylation sites (tertiary alicyclic amines) is 1. The van der Waals surface area contributed by atoms with E-state index in [1.807, 2.05) is 4.90 Å². The molecule has 128 valence electrons. The maximum absolute atomic E-state index is 13.0. The third-order valence-electron chi connectivity index (χ3n) is 4.94. The van der Waals surface area contributed by atoms with Gasteiger partial charge in [-0.3, -0.25) is 4.79 Å². The van der Waals surface area contributed by atoms with E-state index in [0.717, 1.165) is 6.42 Å². The quantitative estimate of drug-likeness (QED) is 0.851. The number of methoxy groups -OCH3 is 1. The zero-order valence-corrected chi connectivity index (χ0v) is 14.9. The molecule has 4 atom stereocenters. The Kier molecular flexibility index (Phi) is 3.92. The van der Waals surface area contributed by atoms with E-state index in [4.69, 9.17) is 9.26 Å². The van der Waals surface area contributed by atoms with Crippen molar-refractivity contribution < 1.29 is 14.1 Å². The summed E-state index contributed by atoms with van der Waals surface area (Å²) in [5, 5.41) is 3.87. The number of aromatic nitrogens is 2. The van der Waals surface area contributed by atoms with E-state index < -0.39 is 0 Å². The molecule has 0 aromatic carbocycles. The van der Waals surface area contributed by atoms with Crippen LogP contribution in [0.4, 0.5) is 0 Å². The van der Waals surface area contributed by atoms with Gasteiger partial charge in [0.25, 0.3) is 0 Å². The lowest BCUT2D eigenvalue weighted by molar-refractivity contribution is -0.134. The van der Waals surface area contributed by atoms with Gasteiger partial charge in [0.1, 0.15) is 6.04 Å². The molecule has 2 aromatic heterocycles. The van der Waals surface area contributed by atoms with Gasteiger partial charge in [0.15, 0.2) is 5.82 Å². The molecule has 0 bridgehead atoms. The van der Waals surface area contributed by atoms with E-state index in [0.29, 0.717) is 30.6 Å². The first-order valence-electron chi connectivity index (χ1n) is 8.26. The summed E-state index contributed by atoms with van der Waals surface area (Å²) in [4.78, 5) is 21.9. The SMILES string of the molecule is CO[C@@H]1C[C@H](c2nc(C)no2)N(C(=O)[C@@H]2C[C@H]2c2ccc(C)s2)C1. The summed E-state index contributed by atoms with van der Waals surface area (Å²) in [5.74, 6) is 1.74. The van der Waals surface area contributed by atoms with Gasteiger partial charge in [-0.25, -0.2) is 0 Å². The van der Waals surface area contributed by atoms with Gasteiger partial charge in [0.2, 0.25) is 11.8 Å². The number of rotatable bonds is 4. The molecule has 1 aliphatic carbocycles. The van der Waals surface area contributed by atoms with Gasteiger partial charge in [-0.15, -0.1) is 11.3 Å². The molecular formula is C17H21N3O3S. The lowest BCUT2D eigenvalue weighted by atomic mass is 10.2. The summed E-state index contributed by atoms with van der Waals surface area (Å²) in [5.41, 5.74) is 0. The van der Waals surface area contributed by atoms with E-state index >= 15 is 0 Å². The standard InChI is InChI=1S/C17H21N3O3S/c1-9-4-5-15(24-9)12-7-13(12)17(21)20-8-11(22-3)6-14(20)16-18-10(2)19-23-16/h4-5,11-14H,6-8H2,1-3H3/t11-,12-,13-,14-/m1/s1. The van der Waals surface area contributed by atoms with Crippen LogP contribution in [0.15, 0.2) is 16.7 Å². The van der Waals surface area contributed by atoms with Gasteiger partial charge in [-0.1, -0.05) is 5.16 Å². The van der Waals surface area contributed by atoms with Crippen molar-refractivity contribution in [1.82, 2.24) is 15.0 Å². The number of carbonyl (C=O) groups is 1. The van der Waals surface area contributed by atoms with Gasteiger partial charge >= 0.3 is 0 Å². The molecule has 6 nitrogen and oxygen atoms in total. The summed E-state index contributed by atoms with van der Waals surface area (Å²) >= 11 is 1.79. The molecule has 2 aromatic rings. The molecule has 7 heteroatoms. The number of hydrogen-bond acceptors (Lipinski definition) is 6. The molecule has 1 saturated heterocycles. The number of aryl methyl sites for hydroxylation is 2. The van der Waals surface area contributed by atoms with Crippen molar-refractivity contribution in [3.63, 3.8) is 0 Å². The average molecular weight is 347 g/mol. The Hall–Kier alpha value is -1.73. The summed E-state index contributed by atoms with van der Waals surface area (Å²) in [6, 6.07) is 4.11. The highest BCUT2D eigenvalue weighted by Crippen LogP contribution is 2.52. The number of carbonyl (C=O) groups excluding carboxylic acids is 1. The number of nitrogens with zero attached hydrogens (tertiary/aromatic N) is 3. The first-order chi connectivity index (χ1) is 11.6. The first-order valence-corrected chi connectivity index (χ1v) is 9.08. The topological polar surface area (TPSA) is 68.5 Å². The van der Waals surface area contributed by atoms with Crippen LogP contribution in [0.3, 0.4) is 0 Å². The zero-order valence-electron chi connectivity index (χ0n) is 14.1. The van der Waals surface area contributed by atoms with Crippen LogP contribution in [-0.2, 0) is 9.53 Å². The molecule has 1 saturated carbocycles. The maximum atomic E-state index is 13.0. The molecule has 3 heterocycles. The molecule has 0 spiro atoms. The normalized spacial score (nSPS) is 29.2. The van der Waals surface area contributed by atoms with E-state index in [-0.39, 0.29) is 24.0 Å². The molecule has 0 N–H and O–H groups in total. The smallest absolute Gasteiger partial charge is 0.249 e. The minimum atomic E-state index is -0.171. The number of amides is 1. The summed E-state index contributed by atoms with van der Waals surface area (Å²) < 4.78 is 10.8. The lowest BCUT2D eigenvalue weighted by Gasteiger charge is -2.21. The van der Waals surface area contributed by atoms with Crippen molar-refractivity contribution in [2.45, 2.75) is 44.8 Å². The van der Waals surface area contributed by atoms with Crippen LogP contribution < -0.4 is 0 Å². The van der Waals surface area contributed by atoms with Crippen LogP contribution in [0.25, 0.3) is 0 Å². The molecule has 0 unspecified atom stereocenters. The lowest BCUT2D eigenvalue weighted by Crippen LogP contribution is -2.33. The van der Waals surface area contributed by atoms with Gasteiger partial charge < -0.3 is 14.2 Å². The zero-order chi connectivity index (χ0) is 16.8. The van der Waals surface area contributed by atoms with Crippen LogP contribution >= 0.6 is 11.3 Å². The molecule has 1 amide bonds. The van der Waals surface area contributed by atoms with Crippen molar-refractivity contribution in [3.8, 4) is 0 Å². The van der Waals surface area contributed by atoms with Crippen molar-refractivity contribution >= 4 is 17.2 Å². The minimum Gasteiger partial charge on any atom is -0.380 e. The largest absolute Gasteiger partial charge is 0.380 e. The second-order valence-corrected chi connectivity index (χ2v) is 8.00. The summed E-state index contributed by atoms with van der Waals surface area (Å²) in [7, 11) is 1.68. The van der Waals surface area contributed by atoms with E-state index in [1.54, 1.807) is 25.4 Å². The third kappa shape index (κ3) is 2.75. The van der Waals surface area contributed by atoms with E-state index in [1.165, 1.54) is 9.75 Å². The van der Waals surface area contributed by atoms with Crippen molar-refractivity contribution in [2.24, 2.45) is 5.92 Å². The highest BCUT2D eigenvalue weighted by molar-refractivity contribution is 7.12. The molecule has 4 rings (SSSR count). The molecule has 0 radical (unpaired) electrons. The summed E-state index contributed by atoms with van der Waals surface area (Å²) in [6.45, 7) is 4.48. The Morgan fingerprint density at radius 1 is 1.38 bits per heavy atom. The Labute approximate surface area is 144 Å². The van der Waals surface area contributed by atoms with Crippen molar-refractivity contribution in [1.29, 1.82) is 0 Å². The number of ether oxygens (including phenoxy) is 1. The minimum absolute atomic E-state index is 0.0207. The van der Waals surface area contributed by atoms with Crippen molar-refractivity contribution in [3.05, 3.63) is 33.6 Å². The average Bonchev–Trinajstić information content (AvgIpc) is 2.90. The second-order valence-electron chi connectivity index (χ2n) is 6.68. The van der Waals surface area contributed by atoms with Crippen LogP contribution in [-0.4, -0.2) is 40.7 Å². The van der Waals surface area contributed by atoms with Gasteiger partial charge in [-0.2, -0.15) is 4.98 Å². The number of hydrogen-bond donors (Lipinski definition) is 0. The fourth-order valence-corrected chi connectivity index (χ4v) is 4.60. The Morgan fingerprint density at radius 2 is 2.21 bits per heavy atom. The predicted octanol–water partition coefficient (Wildman–Crippen LogP) is 2.84. The molecule has 2 fully saturated rings. The van der Waals surface area contributed by atoms with Gasteiger partial charge in [-0.05, 0) is 32.4 Å². The Morgan fingerprint density at radius 3 is 2.83 bits per heavy atom. The monoisotopic (exact) mass is 347 g/mol. The molecule has 1 aliphatic heterocycles. The predicted molar refractivity (Wildman–Crippen MR) is 88.8 cm³/mol. The molecule has 24 heavy (non-hydrogen) atoms. The van der Waals surface area contributed by atoms with E-state index in [2.05, 4.69) is 29.2 Å². The molecule has 2 aliphatic rings. The highest BCUT2D eigenvalue weighted by Gasteiger charge is 2.50.